The molecular weight excluding hydrogens is 375 g/mol. The molecule has 0 aromatic carbocycles. The van der Waals surface area contributed by atoms with Crippen LogP contribution in [0, 0.1) is 13.8 Å². The average Bonchev–Trinajstić information content (AvgIpc) is 2.92. The maximum atomic E-state index is 11.4. The maximum Gasteiger partial charge on any atom is 0.305 e. The highest BCUT2D eigenvalue weighted by molar-refractivity contribution is 7.56. The average molecular weight is 404 g/mol. The van der Waals surface area contributed by atoms with E-state index in [9.17, 15) is 9.59 Å². The predicted octanol–water partition coefficient (Wildman–Crippen LogP) is 4.02. The Labute approximate surface area is 161 Å². The molecule has 0 aliphatic heterocycles. The minimum Gasteiger partial charge on any atom is -0.466 e. The van der Waals surface area contributed by atoms with Gasteiger partial charge in [0.25, 0.3) is 0 Å². The summed E-state index contributed by atoms with van der Waals surface area (Å²) in [4.78, 5) is 25.2. The second-order valence-electron chi connectivity index (χ2n) is 5.54. The van der Waals surface area contributed by atoms with Gasteiger partial charge in [0.1, 0.15) is 0 Å². The Morgan fingerprint density at radius 3 is 1.85 bits per heavy atom. The van der Waals surface area contributed by atoms with Gasteiger partial charge in [-0.2, -0.15) is 0 Å². The first-order chi connectivity index (χ1) is 12.5. The molecule has 0 atom stereocenters. The number of hydrogen-bond acceptors (Lipinski definition) is 7. The van der Waals surface area contributed by atoms with Crippen molar-refractivity contribution in [1.29, 1.82) is 0 Å². The Bertz CT molecular complexity index is 534. The number of esters is 2. The molecule has 0 fully saturated rings. The van der Waals surface area contributed by atoms with Crippen LogP contribution in [0.1, 0.15) is 49.3 Å². The first-order valence-corrected chi connectivity index (χ1v) is 10.9. The summed E-state index contributed by atoms with van der Waals surface area (Å²) < 4.78 is 21.7. The molecule has 0 bridgehead atoms. The molecular formula is C18H29O6PS. The van der Waals surface area contributed by atoms with E-state index in [2.05, 4.69) is 13.0 Å². The lowest BCUT2D eigenvalue weighted by atomic mass is 10.3. The summed E-state index contributed by atoms with van der Waals surface area (Å²) in [5, 5.41) is 1.06. The summed E-state index contributed by atoms with van der Waals surface area (Å²) >= 11 is 1.71. The third kappa shape index (κ3) is 9.08. The van der Waals surface area contributed by atoms with Gasteiger partial charge in [-0.05, 0) is 46.6 Å². The molecule has 0 unspecified atom stereocenters. The summed E-state index contributed by atoms with van der Waals surface area (Å²) in [6, 6.07) is 2.09. The third-order valence-corrected chi connectivity index (χ3v) is 6.10. The summed E-state index contributed by atoms with van der Waals surface area (Å²) in [7, 11) is -1.23. The van der Waals surface area contributed by atoms with Gasteiger partial charge in [-0.3, -0.25) is 9.59 Å². The van der Waals surface area contributed by atoms with Crippen LogP contribution in [0.2, 0.25) is 0 Å². The summed E-state index contributed by atoms with van der Waals surface area (Å²) in [6.45, 7) is 9.32. The SMILES string of the molecule is CCOC(=O)CCCOP(OCCCC(=O)OCC)c1cc(C)sc1C. The highest BCUT2D eigenvalue weighted by Gasteiger charge is 2.19. The van der Waals surface area contributed by atoms with E-state index < -0.39 is 8.38 Å². The van der Waals surface area contributed by atoms with Gasteiger partial charge >= 0.3 is 11.9 Å². The molecule has 0 spiro atoms. The smallest absolute Gasteiger partial charge is 0.305 e. The van der Waals surface area contributed by atoms with E-state index in [0.717, 1.165) is 5.30 Å². The Kier molecular flexibility index (Phi) is 11.7. The normalized spacial score (nSPS) is 11.0. The molecule has 0 radical (unpaired) electrons. The molecule has 1 heterocycles. The van der Waals surface area contributed by atoms with Crippen molar-refractivity contribution < 1.29 is 28.1 Å². The molecule has 1 aromatic heterocycles. The highest BCUT2D eigenvalue weighted by atomic mass is 32.1. The van der Waals surface area contributed by atoms with Crippen LogP contribution < -0.4 is 5.30 Å². The fourth-order valence-corrected chi connectivity index (χ4v) is 4.94. The van der Waals surface area contributed by atoms with E-state index in [1.807, 2.05) is 6.92 Å². The van der Waals surface area contributed by atoms with Gasteiger partial charge in [-0.25, -0.2) is 0 Å². The molecule has 1 aromatic rings. The fraction of sp³-hybridized carbons (Fsp3) is 0.667. The Morgan fingerprint density at radius 1 is 0.962 bits per heavy atom. The monoisotopic (exact) mass is 404 g/mol. The quantitative estimate of drug-likeness (QED) is 0.281. The molecule has 6 nitrogen and oxygen atoms in total. The highest BCUT2D eigenvalue weighted by Crippen LogP contribution is 2.40. The van der Waals surface area contributed by atoms with Gasteiger partial charge in [-0.1, -0.05) is 0 Å². The topological polar surface area (TPSA) is 71.1 Å². The Balaban J connectivity index is 2.48. The van der Waals surface area contributed by atoms with E-state index in [1.165, 1.54) is 9.75 Å². The van der Waals surface area contributed by atoms with Gasteiger partial charge in [0.15, 0.2) is 0 Å². The van der Waals surface area contributed by atoms with Crippen molar-refractivity contribution in [3.05, 3.63) is 15.8 Å². The van der Waals surface area contributed by atoms with Crippen LogP contribution in [0.15, 0.2) is 6.07 Å². The number of ether oxygens (including phenoxy) is 2. The maximum absolute atomic E-state index is 11.4. The van der Waals surface area contributed by atoms with Gasteiger partial charge in [-0.15, -0.1) is 11.3 Å². The molecule has 1 rings (SSSR count). The first kappa shape index (κ1) is 23.0. The van der Waals surface area contributed by atoms with Crippen LogP contribution in [0.3, 0.4) is 0 Å². The van der Waals surface area contributed by atoms with Gasteiger partial charge in [0.05, 0.1) is 26.4 Å². The largest absolute Gasteiger partial charge is 0.466 e. The van der Waals surface area contributed by atoms with Crippen molar-refractivity contribution in [2.45, 2.75) is 53.4 Å². The van der Waals surface area contributed by atoms with Crippen molar-refractivity contribution in [3.63, 3.8) is 0 Å². The molecule has 0 aliphatic rings. The van der Waals surface area contributed by atoms with Gasteiger partial charge in [0.2, 0.25) is 8.38 Å². The Morgan fingerprint density at radius 2 is 1.46 bits per heavy atom. The minimum atomic E-state index is -1.23. The lowest BCUT2D eigenvalue weighted by Crippen LogP contribution is -2.10. The lowest BCUT2D eigenvalue weighted by Gasteiger charge is -2.17. The van der Waals surface area contributed by atoms with Crippen LogP contribution in [0.5, 0.6) is 0 Å². The number of thiophene rings is 1. The number of carbonyl (C=O) groups is 2. The standard InChI is InChI=1S/C18H29O6PS/c1-5-21-17(19)9-7-11-23-25(16-13-14(3)26-15(16)4)24-12-8-10-18(20)22-6-2/h13H,5-12H2,1-4H3. The number of hydrogen-bond donors (Lipinski definition) is 0. The van der Waals surface area contributed by atoms with Gasteiger partial charge < -0.3 is 18.5 Å². The van der Waals surface area contributed by atoms with E-state index in [0.29, 0.717) is 52.1 Å². The zero-order valence-corrected chi connectivity index (χ0v) is 17.8. The second-order valence-corrected chi connectivity index (χ2v) is 8.51. The first-order valence-electron chi connectivity index (χ1n) is 8.92. The molecule has 8 heteroatoms. The summed E-state index contributed by atoms with van der Waals surface area (Å²) in [5.74, 6) is -0.420. The molecule has 0 saturated carbocycles. The summed E-state index contributed by atoms with van der Waals surface area (Å²) in [6.07, 6.45) is 1.85. The van der Waals surface area contributed by atoms with Crippen LogP contribution >= 0.6 is 19.7 Å². The molecule has 0 aliphatic carbocycles. The van der Waals surface area contributed by atoms with Gasteiger partial charge in [0, 0.05) is 27.9 Å². The van der Waals surface area contributed by atoms with Crippen LogP contribution in [0.25, 0.3) is 0 Å². The van der Waals surface area contributed by atoms with E-state index >= 15 is 0 Å². The third-order valence-electron chi connectivity index (χ3n) is 3.29. The molecule has 0 amide bonds. The van der Waals surface area contributed by atoms with E-state index in [-0.39, 0.29) is 11.9 Å². The number of aryl methyl sites for hydroxylation is 2. The van der Waals surface area contributed by atoms with E-state index in [1.54, 1.807) is 25.2 Å². The van der Waals surface area contributed by atoms with Crippen molar-refractivity contribution >= 4 is 37.0 Å². The second kappa shape index (κ2) is 13.2. The summed E-state index contributed by atoms with van der Waals surface area (Å²) in [5.41, 5.74) is 0. The predicted molar refractivity (Wildman–Crippen MR) is 104 cm³/mol. The molecule has 0 saturated heterocycles. The molecule has 26 heavy (non-hydrogen) atoms. The zero-order valence-electron chi connectivity index (χ0n) is 16.0. The minimum absolute atomic E-state index is 0.210. The molecule has 148 valence electrons. The number of rotatable bonds is 13. The van der Waals surface area contributed by atoms with Crippen molar-refractivity contribution in [1.82, 2.24) is 0 Å². The number of carbonyl (C=O) groups excluding carboxylic acids is 2. The van der Waals surface area contributed by atoms with E-state index in [4.69, 9.17) is 18.5 Å². The fourth-order valence-electron chi connectivity index (χ4n) is 2.17. The Hall–Kier alpha value is -1.01. The van der Waals surface area contributed by atoms with Crippen LogP contribution in [-0.4, -0.2) is 38.4 Å². The van der Waals surface area contributed by atoms with Crippen LogP contribution in [0.4, 0.5) is 0 Å². The zero-order chi connectivity index (χ0) is 19.4. The molecule has 0 N–H and O–H groups in total. The van der Waals surface area contributed by atoms with Crippen molar-refractivity contribution in [2.24, 2.45) is 0 Å². The van der Waals surface area contributed by atoms with Crippen molar-refractivity contribution in [3.8, 4) is 0 Å². The van der Waals surface area contributed by atoms with Crippen LogP contribution in [-0.2, 0) is 28.1 Å². The van der Waals surface area contributed by atoms with Crippen molar-refractivity contribution in [2.75, 3.05) is 26.4 Å². The lowest BCUT2D eigenvalue weighted by molar-refractivity contribution is -0.144.